The van der Waals surface area contributed by atoms with Crippen LogP contribution in [0.5, 0.6) is 0 Å². The molecule has 0 saturated heterocycles. The van der Waals surface area contributed by atoms with Crippen molar-refractivity contribution in [2.24, 2.45) is 5.73 Å². The van der Waals surface area contributed by atoms with Gasteiger partial charge in [-0.3, -0.25) is 4.79 Å². The van der Waals surface area contributed by atoms with E-state index in [2.05, 4.69) is 4.90 Å². The molecule has 0 fully saturated rings. The number of allylic oxidation sites excluding steroid dienone is 4. The predicted octanol–water partition coefficient (Wildman–Crippen LogP) is 2.22. The van der Waals surface area contributed by atoms with E-state index in [1.165, 1.54) is 0 Å². The number of hydrogen-bond acceptors (Lipinski definition) is 2. The van der Waals surface area contributed by atoms with Crippen molar-refractivity contribution in [3.63, 3.8) is 0 Å². The van der Waals surface area contributed by atoms with Crippen molar-refractivity contribution in [3.05, 3.63) is 59.3 Å². The van der Waals surface area contributed by atoms with Crippen LogP contribution in [0.1, 0.15) is 12.0 Å². The number of nitrogens with two attached hydrogens (primary N) is 1. The smallest absolute Gasteiger partial charge is 0.249 e. The lowest BCUT2D eigenvalue weighted by Crippen LogP contribution is -2.28. The van der Waals surface area contributed by atoms with Gasteiger partial charge < -0.3 is 10.6 Å². The molecule has 1 aromatic rings. The normalized spacial score (nSPS) is 17.2. The molecule has 1 heterocycles. The van der Waals surface area contributed by atoms with Crippen molar-refractivity contribution >= 4 is 17.2 Å². The van der Waals surface area contributed by atoms with Crippen LogP contribution in [0.2, 0.25) is 0 Å². The summed E-state index contributed by atoms with van der Waals surface area (Å²) < 4.78 is 0. The lowest BCUT2D eigenvalue weighted by molar-refractivity contribution is -0.112. The van der Waals surface area contributed by atoms with E-state index in [9.17, 15) is 4.79 Å². The van der Waals surface area contributed by atoms with Crippen molar-refractivity contribution in [3.8, 4) is 0 Å². The number of rotatable bonds is 1. The minimum Gasteiger partial charge on any atom is -0.366 e. The van der Waals surface area contributed by atoms with E-state index in [1.54, 1.807) is 0 Å². The highest BCUT2D eigenvalue weighted by molar-refractivity contribution is 6.23. The minimum absolute atomic E-state index is 0.355. The molecule has 3 heteroatoms. The first-order valence-electron chi connectivity index (χ1n) is 5.93. The van der Waals surface area contributed by atoms with Crippen LogP contribution in [0.25, 0.3) is 5.57 Å². The Labute approximate surface area is 106 Å². The number of primary amides is 1. The summed E-state index contributed by atoms with van der Waals surface area (Å²) in [5.74, 6) is -0.355. The topological polar surface area (TPSA) is 46.3 Å². The highest BCUT2D eigenvalue weighted by Crippen LogP contribution is 2.41. The van der Waals surface area contributed by atoms with Gasteiger partial charge in [-0.1, -0.05) is 30.4 Å². The van der Waals surface area contributed by atoms with Crippen LogP contribution in [0.4, 0.5) is 5.69 Å². The number of para-hydroxylation sites is 1. The molecule has 1 aliphatic carbocycles. The second-order valence-electron chi connectivity index (χ2n) is 4.48. The molecule has 0 atom stereocenters. The molecule has 1 aliphatic heterocycles. The molecule has 0 unspecified atom stereocenters. The fraction of sp³-hybridized carbons (Fsp3) is 0.133. The van der Waals surface area contributed by atoms with Gasteiger partial charge in [-0.2, -0.15) is 0 Å². The first-order chi connectivity index (χ1) is 8.70. The lowest BCUT2D eigenvalue weighted by atomic mass is 9.87. The molecular formula is C15H14N2O. The lowest BCUT2D eigenvalue weighted by Gasteiger charge is -2.34. The van der Waals surface area contributed by atoms with Gasteiger partial charge in [0.1, 0.15) is 0 Å². The number of nitrogens with zero attached hydrogens (tertiary/aromatic N) is 1. The molecule has 3 nitrogen and oxygen atoms in total. The molecule has 18 heavy (non-hydrogen) atoms. The van der Waals surface area contributed by atoms with Crippen molar-refractivity contribution in [1.29, 1.82) is 0 Å². The summed E-state index contributed by atoms with van der Waals surface area (Å²) in [6.07, 6.45) is 6.84. The summed E-state index contributed by atoms with van der Waals surface area (Å²) in [5, 5.41) is 0. The molecular weight excluding hydrogens is 224 g/mol. The van der Waals surface area contributed by atoms with E-state index in [-0.39, 0.29) is 5.91 Å². The first kappa shape index (κ1) is 10.8. The number of anilines is 1. The quantitative estimate of drug-likeness (QED) is 0.815. The maximum absolute atomic E-state index is 11.8. The Bertz CT molecular complexity index is 623. The first-order valence-corrected chi connectivity index (χ1v) is 5.93. The molecule has 1 aromatic carbocycles. The SMILES string of the molecule is CN1C2=CC=CCC2=C(C(N)=O)c2ccccc21. The van der Waals surface area contributed by atoms with Crippen LogP contribution in [0.3, 0.4) is 0 Å². The summed E-state index contributed by atoms with van der Waals surface area (Å²) in [5.41, 5.74) is 10.3. The summed E-state index contributed by atoms with van der Waals surface area (Å²) >= 11 is 0. The Morgan fingerprint density at radius 2 is 2.11 bits per heavy atom. The fourth-order valence-corrected chi connectivity index (χ4v) is 2.65. The Morgan fingerprint density at radius 1 is 1.33 bits per heavy atom. The van der Waals surface area contributed by atoms with Crippen molar-refractivity contribution < 1.29 is 4.79 Å². The molecule has 2 N–H and O–H groups in total. The van der Waals surface area contributed by atoms with Gasteiger partial charge >= 0.3 is 0 Å². The van der Waals surface area contributed by atoms with Crippen LogP contribution in [-0.4, -0.2) is 13.0 Å². The highest BCUT2D eigenvalue weighted by Gasteiger charge is 2.28. The summed E-state index contributed by atoms with van der Waals surface area (Å²) in [4.78, 5) is 13.9. The third-order valence-electron chi connectivity index (χ3n) is 3.47. The minimum atomic E-state index is -0.355. The highest BCUT2D eigenvalue weighted by atomic mass is 16.1. The zero-order valence-corrected chi connectivity index (χ0v) is 10.2. The van der Waals surface area contributed by atoms with Crippen LogP contribution in [0.15, 0.2) is 53.8 Å². The maximum Gasteiger partial charge on any atom is 0.249 e. The second-order valence-corrected chi connectivity index (χ2v) is 4.48. The zero-order valence-electron chi connectivity index (χ0n) is 10.2. The van der Waals surface area contributed by atoms with Crippen LogP contribution >= 0.6 is 0 Å². The van der Waals surface area contributed by atoms with Gasteiger partial charge in [-0.25, -0.2) is 0 Å². The average Bonchev–Trinajstić information content (AvgIpc) is 2.39. The van der Waals surface area contributed by atoms with Crippen molar-refractivity contribution in [2.75, 3.05) is 11.9 Å². The Hall–Kier alpha value is -2.29. The van der Waals surface area contributed by atoms with E-state index in [1.807, 2.05) is 49.5 Å². The molecule has 2 aliphatic rings. The van der Waals surface area contributed by atoms with Crippen molar-refractivity contribution in [2.45, 2.75) is 6.42 Å². The number of hydrogen-bond donors (Lipinski definition) is 1. The van der Waals surface area contributed by atoms with E-state index in [0.717, 1.165) is 28.9 Å². The number of amides is 1. The predicted molar refractivity (Wildman–Crippen MR) is 72.8 cm³/mol. The molecule has 1 amide bonds. The van der Waals surface area contributed by atoms with Crippen molar-refractivity contribution in [1.82, 2.24) is 0 Å². The largest absolute Gasteiger partial charge is 0.366 e. The molecule has 3 rings (SSSR count). The Balaban J connectivity index is 2.34. The summed E-state index contributed by atoms with van der Waals surface area (Å²) in [6, 6.07) is 7.87. The van der Waals surface area contributed by atoms with Crippen LogP contribution < -0.4 is 10.6 Å². The van der Waals surface area contributed by atoms with Gasteiger partial charge in [0.15, 0.2) is 0 Å². The standard InChI is InChI=1S/C15H14N2O/c1-17-12-8-4-2-6-10(12)14(15(16)18)11-7-3-5-9-13(11)17/h2-6,8-9H,7H2,1H3,(H2,16,18). The maximum atomic E-state index is 11.8. The Kier molecular flexibility index (Phi) is 2.33. The summed E-state index contributed by atoms with van der Waals surface area (Å²) in [6.45, 7) is 0. The van der Waals surface area contributed by atoms with Crippen LogP contribution in [0, 0.1) is 0 Å². The molecule has 90 valence electrons. The van der Waals surface area contributed by atoms with E-state index >= 15 is 0 Å². The van der Waals surface area contributed by atoms with Gasteiger partial charge in [0, 0.05) is 24.0 Å². The number of fused-ring (bicyclic) bond motifs is 2. The van der Waals surface area contributed by atoms with Gasteiger partial charge in [0.2, 0.25) is 5.91 Å². The Morgan fingerprint density at radius 3 is 2.89 bits per heavy atom. The molecule has 0 radical (unpaired) electrons. The number of carbonyl (C=O) groups is 1. The second kappa shape index (κ2) is 3.88. The fourth-order valence-electron chi connectivity index (χ4n) is 2.65. The van der Waals surface area contributed by atoms with Gasteiger partial charge in [0.25, 0.3) is 0 Å². The zero-order chi connectivity index (χ0) is 12.7. The summed E-state index contributed by atoms with van der Waals surface area (Å²) in [7, 11) is 2.02. The number of carbonyl (C=O) groups excluding carboxylic acids is 1. The molecule has 0 saturated carbocycles. The van der Waals surface area contributed by atoms with Gasteiger partial charge in [0.05, 0.1) is 5.57 Å². The number of likely N-dealkylation sites (N-methyl/N-ethyl adjacent to an activating group) is 1. The number of benzene rings is 1. The molecule has 0 bridgehead atoms. The van der Waals surface area contributed by atoms with Gasteiger partial charge in [-0.15, -0.1) is 0 Å². The van der Waals surface area contributed by atoms with E-state index < -0.39 is 0 Å². The van der Waals surface area contributed by atoms with E-state index in [4.69, 9.17) is 5.73 Å². The third kappa shape index (κ3) is 1.40. The van der Waals surface area contributed by atoms with Gasteiger partial charge in [-0.05, 0) is 24.1 Å². The van der Waals surface area contributed by atoms with E-state index in [0.29, 0.717) is 5.57 Å². The molecule has 0 aromatic heterocycles. The van der Waals surface area contributed by atoms with Crippen LogP contribution in [-0.2, 0) is 4.79 Å². The average molecular weight is 238 g/mol. The third-order valence-corrected chi connectivity index (χ3v) is 3.47. The monoisotopic (exact) mass is 238 g/mol. The molecule has 0 spiro atoms.